The molecule has 0 aliphatic heterocycles. The summed E-state index contributed by atoms with van der Waals surface area (Å²) in [5, 5.41) is 7.60. The van der Waals surface area contributed by atoms with E-state index in [1.165, 1.54) is 12.1 Å². The van der Waals surface area contributed by atoms with Gasteiger partial charge in [0.25, 0.3) is 0 Å². The molecule has 1 N–H and O–H groups in total. The fraction of sp³-hybridized carbons (Fsp3) is 0.357. The molecule has 1 atom stereocenters. The first-order valence-corrected chi connectivity index (χ1v) is 6.27. The van der Waals surface area contributed by atoms with E-state index in [0.29, 0.717) is 12.0 Å². The van der Waals surface area contributed by atoms with Crippen LogP contribution in [-0.4, -0.2) is 16.3 Å². The summed E-state index contributed by atoms with van der Waals surface area (Å²) in [5.41, 5.74) is 1.34. The van der Waals surface area contributed by atoms with E-state index in [4.69, 9.17) is 0 Å². The number of likely N-dealkylation sites (N-methyl/N-ethyl adjacent to an activating group) is 1. The highest BCUT2D eigenvalue weighted by molar-refractivity contribution is 5.21. The van der Waals surface area contributed by atoms with Crippen molar-refractivity contribution in [2.75, 3.05) is 6.54 Å². The third-order valence-corrected chi connectivity index (χ3v) is 2.98. The fourth-order valence-electron chi connectivity index (χ4n) is 2.05. The zero-order valence-corrected chi connectivity index (χ0v) is 11.0. The van der Waals surface area contributed by atoms with E-state index in [-0.39, 0.29) is 6.04 Å². The van der Waals surface area contributed by atoms with Crippen LogP contribution in [0.25, 0.3) is 0 Å². The second kappa shape index (κ2) is 5.93. The Hall–Kier alpha value is -1.75. The number of benzene rings is 1. The molecule has 1 heterocycles. The maximum Gasteiger partial charge on any atom is 0.129 e. The monoisotopic (exact) mass is 265 g/mol. The van der Waals surface area contributed by atoms with Gasteiger partial charge in [-0.1, -0.05) is 13.0 Å². The highest BCUT2D eigenvalue weighted by Gasteiger charge is 2.16. The molecule has 0 saturated carbocycles. The molecule has 3 nitrogen and oxygen atoms in total. The minimum atomic E-state index is -0.556. The summed E-state index contributed by atoms with van der Waals surface area (Å²) in [6, 6.07) is 5.50. The van der Waals surface area contributed by atoms with Crippen molar-refractivity contribution < 1.29 is 8.78 Å². The van der Waals surface area contributed by atoms with Crippen LogP contribution >= 0.6 is 0 Å². The molecule has 19 heavy (non-hydrogen) atoms. The second-order valence-corrected chi connectivity index (χ2v) is 4.46. The summed E-state index contributed by atoms with van der Waals surface area (Å²) >= 11 is 0. The van der Waals surface area contributed by atoms with Crippen LogP contribution in [0.5, 0.6) is 0 Å². The van der Waals surface area contributed by atoms with Gasteiger partial charge in [0, 0.05) is 19.3 Å². The maximum atomic E-state index is 13.7. The van der Waals surface area contributed by atoms with Crippen LogP contribution in [0.15, 0.2) is 30.5 Å². The summed E-state index contributed by atoms with van der Waals surface area (Å²) in [7, 11) is 1.84. The van der Waals surface area contributed by atoms with Crippen molar-refractivity contribution in [1.82, 2.24) is 15.1 Å². The van der Waals surface area contributed by atoms with Crippen LogP contribution in [0.2, 0.25) is 0 Å². The van der Waals surface area contributed by atoms with Crippen molar-refractivity contribution in [2.45, 2.75) is 19.4 Å². The average Bonchev–Trinajstić information content (AvgIpc) is 2.78. The summed E-state index contributed by atoms with van der Waals surface area (Å²) in [5.74, 6) is -1.07. The van der Waals surface area contributed by atoms with Gasteiger partial charge >= 0.3 is 0 Å². The molecule has 0 amide bonds. The molecule has 5 heteroatoms. The molecule has 0 saturated heterocycles. The molecule has 2 rings (SSSR count). The van der Waals surface area contributed by atoms with Gasteiger partial charge in [0.1, 0.15) is 11.6 Å². The van der Waals surface area contributed by atoms with Crippen LogP contribution < -0.4 is 5.32 Å². The largest absolute Gasteiger partial charge is 0.309 e. The van der Waals surface area contributed by atoms with Gasteiger partial charge in [0.15, 0.2) is 0 Å². The normalized spacial score (nSPS) is 12.6. The topological polar surface area (TPSA) is 29.9 Å². The molecule has 0 radical (unpaired) electrons. The molecule has 0 bridgehead atoms. The quantitative estimate of drug-likeness (QED) is 0.900. The van der Waals surface area contributed by atoms with E-state index < -0.39 is 11.6 Å². The lowest BCUT2D eigenvalue weighted by molar-refractivity contribution is 0.507. The average molecular weight is 265 g/mol. The standard InChI is InChI=1S/C14H17F2N3/c1-3-17-14(13-6-7-19(2)18-13)8-10-4-5-11(15)9-12(10)16/h4-7,9,14,17H,3,8H2,1-2H3. The van der Waals surface area contributed by atoms with Crippen molar-refractivity contribution in [3.8, 4) is 0 Å². The van der Waals surface area contributed by atoms with E-state index in [9.17, 15) is 8.78 Å². The number of hydrogen-bond acceptors (Lipinski definition) is 2. The van der Waals surface area contributed by atoms with Crippen LogP contribution in [0.4, 0.5) is 8.78 Å². The minimum absolute atomic E-state index is 0.0776. The van der Waals surface area contributed by atoms with Gasteiger partial charge in [0.05, 0.1) is 11.7 Å². The van der Waals surface area contributed by atoms with Crippen LogP contribution in [0, 0.1) is 11.6 Å². The van der Waals surface area contributed by atoms with Gasteiger partial charge < -0.3 is 5.32 Å². The molecule has 0 fully saturated rings. The summed E-state index contributed by atoms with van der Waals surface area (Å²) < 4.78 is 28.3. The predicted molar refractivity (Wildman–Crippen MR) is 69.7 cm³/mol. The van der Waals surface area contributed by atoms with E-state index in [0.717, 1.165) is 18.3 Å². The van der Waals surface area contributed by atoms with Gasteiger partial charge in [0.2, 0.25) is 0 Å². The Morgan fingerprint density at radius 2 is 2.11 bits per heavy atom. The van der Waals surface area contributed by atoms with Crippen molar-refractivity contribution in [3.63, 3.8) is 0 Å². The van der Waals surface area contributed by atoms with Crippen molar-refractivity contribution in [1.29, 1.82) is 0 Å². The molecular weight excluding hydrogens is 248 g/mol. The second-order valence-electron chi connectivity index (χ2n) is 4.46. The van der Waals surface area contributed by atoms with Crippen molar-refractivity contribution in [2.24, 2.45) is 7.05 Å². The lowest BCUT2D eigenvalue weighted by Gasteiger charge is -2.16. The fourth-order valence-corrected chi connectivity index (χ4v) is 2.05. The first kappa shape index (κ1) is 13.7. The van der Waals surface area contributed by atoms with Crippen LogP contribution in [-0.2, 0) is 13.5 Å². The van der Waals surface area contributed by atoms with Crippen LogP contribution in [0.1, 0.15) is 24.2 Å². The van der Waals surface area contributed by atoms with E-state index in [1.807, 2.05) is 26.2 Å². The third kappa shape index (κ3) is 3.38. The van der Waals surface area contributed by atoms with Gasteiger partial charge in [-0.2, -0.15) is 5.10 Å². The van der Waals surface area contributed by atoms with E-state index in [1.54, 1.807) is 4.68 Å². The number of nitrogens with one attached hydrogen (secondary N) is 1. The Labute approximate surface area is 111 Å². The van der Waals surface area contributed by atoms with Gasteiger partial charge in [-0.3, -0.25) is 4.68 Å². The number of hydrogen-bond donors (Lipinski definition) is 1. The number of rotatable bonds is 5. The summed E-state index contributed by atoms with van der Waals surface area (Å²) in [6.45, 7) is 2.74. The highest BCUT2D eigenvalue weighted by atomic mass is 19.1. The summed E-state index contributed by atoms with van der Waals surface area (Å²) in [4.78, 5) is 0. The number of aryl methyl sites for hydroxylation is 1. The maximum absolute atomic E-state index is 13.7. The molecule has 1 aromatic carbocycles. The zero-order valence-electron chi connectivity index (χ0n) is 11.0. The van der Waals surface area contributed by atoms with Gasteiger partial charge in [-0.15, -0.1) is 0 Å². The molecule has 0 aliphatic rings. The predicted octanol–water partition coefficient (Wildman–Crippen LogP) is 2.59. The molecule has 1 unspecified atom stereocenters. The first-order valence-electron chi connectivity index (χ1n) is 6.27. The Morgan fingerprint density at radius 1 is 1.32 bits per heavy atom. The van der Waals surface area contributed by atoms with Crippen LogP contribution in [0.3, 0.4) is 0 Å². The Bertz CT molecular complexity index is 551. The summed E-state index contributed by atoms with van der Waals surface area (Å²) in [6.07, 6.45) is 2.29. The lowest BCUT2D eigenvalue weighted by Crippen LogP contribution is -2.24. The van der Waals surface area contributed by atoms with Gasteiger partial charge in [-0.25, -0.2) is 8.78 Å². The molecule has 102 valence electrons. The SMILES string of the molecule is CCNC(Cc1ccc(F)cc1F)c1ccn(C)n1. The number of halogens is 2. The minimum Gasteiger partial charge on any atom is -0.309 e. The molecule has 1 aromatic heterocycles. The molecular formula is C14H17F2N3. The zero-order chi connectivity index (χ0) is 13.8. The Morgan fingerprint density at radius 3 is 2.68 bits per heavy atom. The first-order chi connectivity index (χ1) is 9.10. The highest BCUT2D eigenvalue weighted by Crippen LogP contribution is 2.19. The molecule has 0 spiro atoms. The van der Waals surface area contributed by atoms with Crippen molar-refractivity contribution in [3.05, 3.63) is 53.4 Å². The van der Waals surface area contributed by atoms with E-state index in [2.05, 4.69) is 10.4 Å². The Balaban J connectivity index is 2.21. The molecule has 2 aromatic rings. The lowest BCUT2D eigenvalue weighted by atomic mass is 10.0. The van der Waals surface area contributed by atoms with Gasteiger partial charge in [-0.05, 0) is 30.7 Å². The van der Waals surface area contributed by atoms with Crippen molar-refractivity contribution >= 4 is 0 Å². The smallest absolute Gasteiger partial charge is 0.129 e. The number of aromatic nitrogens is 2. The number of nitrogens with zero attached hydrogens (tertiary/aromatic N) is 2. The molecule has 0 aliphatic carbocycles. The third-order valence-electron chi connectivity index (χ3n) is 2.98. The Kier molecular flexibility index (Phi) is 4.27. The van der Waals surface area contributed by atoms with E-state index >= 15 is 0 Å².